The van der Waals surface area contributed by atoms with Crippen LogP contribution in [0.15, 0.2) is 18.2 Å². The number of nitrogens with zero attached hydrogens (tertiary/aromatic N) is 2. The highest BCUT2D eigenvalue weighted by Gasteiger charge is 2.20. The highest BCUT2D eigenvalue weighted by atomic mass is 35.5. The number of halogens is 1. The van der Waals surface area contributed by atoms with Crippen LogP contribution in [-0.4, -0.2) is 35.5 Å². The van der Waals surface area contributed by atoms with Crippen LogP contribution in [0.2, 0.25) is 5.02 Å². The SMILES string of the molecule is CCN(Cc1ccc([N+](=O)[O-])c(Cl)c1)C1CCCNCC1. The van der Waals surface area contributed by atoms with E-state index in [0.717, 1.165) is 38.2 Å². The number of nitrogens with one attached hydrogen (secondary N) is 1. The molecular formula is C15H22ClN3O2. The van der Waals surface area contributed by atoms with Crippen LogP contribution in [0.4, 0.5) is 5.69 Å². The molecule has 0 aliphatic carbocycles. The Morgan fingerprint density at radius 2 is 2.24 bits per heavy atom. The molecule has 0 spiro atoms. The third-order valence-electron chi connectivity index (χ3n) is 4.06. The first-order valence-electron chi connectivity index (χ1n) is 7.49. The second-order valence-electron chi connectivity index (χ2n) is 5.44. The van der Waals surface area contributed by atoms with E-state index < -0.39 is 4.92 Å². The van der Waals surface area contributed by atoms with E-state index in [4.69, 9.17) is 11.6 Å². The molecule has 5 nitrogen and oxygen atoms in total. The molecule has 0 saturated carbocycles. The van der Waals surface area contributed by atoms with Crippen molar-refractivity contribution in [1.82, 2.24) is 10.2 Å². The fourth-order valence-corrected chi connectivity index (χ4v) is 3.17. The molecule has 0 amide bonds. The quantitative estimate of drug-likeness (QED) is 0.670. The average Bonchev–Trinajstić information content (AvgIpc) is 2.73. The topological polar surface area (TPSA) is 58.4 Å². The Kier molecular flexibility index (Phi) is 5.96. The van der Waals surface area contributed by atoms with E-state index >= 15 is 0 Å². The molecule has 21 heavy (non-hydrogen) atoms. The Bertz CT molecular complexity index is 488. The van der Waals surface area contributed by atoms with E-state index in [1.165, 1.54) is 18.9 Å². The van der Waals surface area contributed by atoms with Gasteiger partial charge in [0.1, 0.15) is 5.02 Å². The van der Waals surface area contributed by atoms with Crippen LogP contribution in [-0.2, 0) is 6.54 Å². The van der Waals surface area contributed by atoms with Crippen molar-refractivity contribution in [2.45, 2.75) is 38.8 Å². The van der Waals surface area contributed by atoms with Crippen LogP contribution in [0.3, 0.4) is 0 Å². The normalized spacial score (nSPS) is 19.5. The molecule has 1 aromatic rings. The van der Waals surface area contributed by atoms with Gasteiger partial charge in [0.2, 0.25) is 0 Å². The maximum Gasteiger partial charge on any atom is 0.287 e. The predicted octanol–water partition coefficient (Wildman–Crippen LogP) is 3.21. The van der Waals surface area contributed by atoms with E-state index in [0.29, 0.717) is 6.04 Å². The molecule has 2 rings (SSSR count). The zero-order valence-electron chi connectivity index (χ0n) is 12.3. The minimum atomic E-state index is -0.444. The Labute approximate surface area is 130 Å². The van der Waals surface area contributed by atoms with E-state index in [1.807, 2.05) is 6.07 Å². The Morgan fingerprint density at radius 3 is 2.90 bits per heavy atom. The second kappa shape index (κ2) is 7.73. The van der Waals surface area contributed by atoms with Gasteiger partial charge in [-0.2, -0.15) is 0 Å². The Morgan fingerprint density at radius 1 is 1.43 bits per heavy atom. The second-order valence-corrected chi connectivity index (χ2v) is 5.85. The summed E-state index contributed by atoms with van der Waals surface area (Å²) in [5.74, 6) is 0. The molecule has 1 atom stereocenters. The maximum absolute atomic E-state index is 10.8. The molecule has 1 saturated heterocycles. The molecule has 1 aliphatic heterocycles. The summed E-state index contributed by atoms with van der Waals surface area (Å²) >= 11 is 5.99. The van der Waals surface area contributed by atoms with Gasteiger partial charge in [-0.25, -0.2) is 0 Å². The van der Waals surface area contributed by atoms with Crippen molar-refractivity contribution >= 4 is 17.3 Å². The van der Waals surface area contributed by atoms with Crippen molar-refractivity contribution in [3.8, 4) is 0 Å². The lowest BCUT2D eigenvalue weighted by Crippen LogP contribution is -2.35. The number of rotatable bonds is 5. The predicted molar refractivity (Wildman–Crippen MR) is 84.7 cm³/mol. The van der Waals surface area contributed by atoms with Crippen LogP contribution in [0.1, 0.15) is 31.7 Å². The van der Waals surface area contributed by atoms with Gasteiger partial charge in [0.25, 0.3) is 5.69 Å². The summed E-state index contributed by atoms with van der Waals surface area (Å²) in [5.41, 5.74) is 1.01. The third kappa shape index (κ3) is 4.40. The van der Waals surface area contributed by atoms with Crippen LogP contribution in [0.25, 0.3) is 0 Å². The number of hydrogen-bond acceptors (Lipinski definition) is 4. The smallest absolute Gasteiger partial charge is 0.287 e. The summed E-state index contributed by atoms with van der Waals surface area (Å²) in [5, 5.41) is 14.4. The largest absolute Gasteiger partial charge is 0.317 e. The third-order valence-corrected chi connectivity index (χ3v) is 4.37. The van der Waals surface area contributed by atoms with Crippen LogP contribution >= 0.6 is 11.6 Å². The van der Waals surface area contributed by atoms with Crippen LogP contribution in [0, 0.1) is 10.1 Å². The van der Waals surface area contributed by atoms with E-state index in [2.05, 4.69) is 17.1 Å². The Balaban J connectivity index is 2.07. The van der Waals surface area contributed by atoms with Crippen LogP contribution < -0.4 is 5.32 Å². The minimum Gasteiger partial charge on any atom is -0.317 e. The lowest BCUT2D eigenvalue weighted by atomic mass is 10.1. The first kappa shape index (κ1) is 16.2. The minimum absolute atomic E-state index is 0.0258. The fourth-order valence-electron chi connectivity index (χ4n) is 2.90. The first-order valence-corrected chi connectivity index (χ1v) is 7.87. The van der Waals surface area contributed by atoms with Gasteiger partial charge in [-0.15, -0.1) is 0 Å². The van der Waals surface area contributed by atoms with Gasteiger partial charge in [-0.3, -0.25) is 15.0 Å². The highest BCUT2D eigenvalue weighted by Crippen LogP contribution is 2.26. The van der Waals surface area contributed by atoms with Crippen molar-refractivity contribution in [2.75, 3.05) is 19.6 Å². The van der Waals surface area contributed by atoms with Crippen molar-refractivity contribution in [3.05, 3.63) is 38.9 Å². The van der Waals surface area contributed by atoms with Crippen molar-refractivity contribution in [1.29, 1.82) is 0 Å². The van der Waals surface area contributed by atoms with Gasteiger partial charge in [0.05, 0.1) is 4.92 Å². The van der Waals surface area contributed by atoms with Gasteiger partial charge in [0, 0.05) is 18.7 Å². The lowest BCUT2D eigenvalue weighted by molar-refractivity contribution is -0.384. The summed E-state index contributed by atoms with van der Waals surface area (Å²) in [6, 6.07) is 5.60. The number of hydrogen-bond donors (Lipinski definition) is 1. The molecule has 0 radical (unpaired) electrons. The standard InChI is InChI=1S/C15H22ClN3O2/c1-2-18(13-4-3-8-17-9-7-13)11-12-5-6-15(19(20)21)14(16)10-12/h5-6,10,13,17H,2-4,7-9,11H2,1H3. The average molecular weight is 312 g/mol. The molecule has 116 valence electrons. The fraction of sp³-hybridized carbons (Fsp3) is 0.600. The van der Waals surface area contributed by atoms with Crippen molar-refractivity contribution in [3.63, 3.8) is 0 Å². The molecule has 1 N–H and O–H groups in total. The van der Waals surface area contributed by atoms with Gasteiger partial charge in [0.15, 0.2) is 0 Å². The summed E-state index contributed by atoms with van der Waals surface area (Å²) in [4.78, 5) is 12.8. The molecule has 1 fully saturated rings. The lowest BCUT2D eigenvalue weighted by Gasteiger charge is -2.30. The molecule has 1 unspecified atom stereocenters. The van der Waals surface area contributed by atoms with Gasteiger partial charge in [-0.1, -0.05) is 24.6 Å². The molecule has 0 bridgehead atoms. The number of nitro benzene ring substituents is 1. The van der Waals surface area contributed by atoms with Crippen molar-refractivity contribution in [2.24, 2.45) is 0 Å². The first-order chi connectivity index (χ1) is 10.1. The van der Waals surface area contributed by atoms with Gasteiger partial charge in [-0.05, 0) is 50.5 Å². The van der Waals surface area contributed by atoms with E-state index in [1.54, 1.807) is 6.07 Å². The molecule has 6 heteroatoms. The van der Waals surface area contributed by atoms with Gasteiger partial charge < -0.3 is 5.32 Å². The zero-order valence-corrected chi connectivity index (χ0v) is 13.1. The molecule has 1 aromatic carbocycles. The number of benzene rings is 1. The molecule has 0 aromatic heterocycles. The zero-order chi connectivity index (χ0) is 15.2. The maximum atomic E-state index is 10.8. The highest BCUT2D eigenvalue weighted by molar-refractivity contribution is 6.32. The monoisotopic (exact) mass is 311 g/mol. The molecular weight excluding hydrogens is 290 g/mol. The molecule has 1 aliphatic rings. The summed E-state index contributed by atoms with van der Waals surface area (Å²) < 4.78 is 0. The van der Waals surface area contributed by atoms with Crippen molar-refractivity contribution < 1.29 is 4.92 Å². The van der Waals surface area contributed by atoms with E-state index in [9.17, 15) is 10.1 Å². The van der Waals surface area contributed by atoms with Crippen LogP contribution in [0.5, 0.6) is 0 Å². The Hall–Kier alpha value is -1.17. The van der Waals surface area contributed by atoms with E-state index in [-0.39, 0.29) is 10.7 Å². The number of nitro groups is 1. The van der Waals surface area contributed by atoms with Gasteiger partial charge >= 0.3 is 0 Å². The summed E-state index contributed by atoms with van der Waals surface area (Å²) in [6.45, 7) is 6.07. The summed E-state index contributed by atoms with van der Waals surface area (Å²) in [7, 11) is 0. The summed E-state index contributed by atoms with van der Waals surface area (Å²) in [6.07, 6.45) is 3.54. The molecule has 1 heterocycles.